The molecule has 0 radical (unpaired) electrons. The molecule has 2 aliphatic rings. The van der Waals surface area contributed by atoms with Crippen molar-refractivity contribution in [2.75, 3.05) is 6.54 Å². The van der Waals surface area contributed by atoms with E-state index in [0.29, 0.717) is 17.2 Å². The van der Waals surface area contributed by atoms with E-state index in [0.717, 1.165) is 30.0 Å². The van der Waals surface area contributed by atoms with Crippen LogP contribution >= 0.6 is 11.3 Å². The molecule has 2 bridgehead atoms. The monoisotopic (exact) mass is 382 g/mol. The molecule has 0 spiro atoms. The molecule has 1 saturated heterocycles. The first-order valence-corrected chi connectivity index (χ1v) is 10.4. The molecule has 0 N–H and O–H groups in total. The van der Waals surface area contributed by atoms with Gasteiger partial charge in [0.2, 0.25) is 0 Å². The van der Waals surface area contributed by atoms with Crippen molar-refractivity contribution in [1.82, 2.24) is 9.88 Å². The molecule has 1 saturated carbocycles. The van der Waals surface area contributed by atoms with Gasteiger partial charge in [-0.1, -0.05) is 38.1 Å². The number of Topliss-reactive ketones (excluding diaryl/α,β-unsaturated/α-hetero) is 1. The predicted molar refractivity (Wildman–Crippen MR) is 108 cm³/mol. The molecule has 142 valence electrons. The van der Waals surface area contributed by atoms with Crippen LogP contribution in [0.25, 0.3) is 10.6 Å². The number of benzene rings is 1. The topological polar surface area (TPSA) is 50.3 Å². The number of ketones is 1. The van der Waals surface area contributed by atoms with E-state index in [1.807, 2.05) is 29.6 Å². The predicted octanol–water partition coefficient (Wildman–Crippen LogP) is 5.05. The second-order valence-electron chi connectivity index (χ2n) is 9.17. The molecular formula is C22H26N2O2S. The summed E-state index contributed by atoms with van der Waals surface area (Å²) >= 11 is 1.43. The highest BCUT2D eigenvalue weighted by Gasteiger charge is 2.52. The third-order valence-corrected chi connectivity index (χ3v) is 6.90. The fraction of sp³-hybridized carbons (Fsp3) is 0.500. The first kappa shape index (κ1) is 18.4. The Morgan fingerprint density at radius 3 is 2.67 bits per heavy atom. The Morgan fingerprint density at radius 2 is 1.93 bits per heavy atom. The molecule has 1 aromatic carbocycles. The summed E-state index contributed by atoms with van der Waals surface area (Å²) in [5, 5.41) is 2.57. The highest BCUT2D eigenvalue weighted by atomic mass is 32.1. The third-order valence-electron chi connectivity index (χ3n) is 6.03. The Kier molecular flexibility index (Phi) is 4.26. The average Bonchev–Trinajstić information content (AvgIpc) is 3.15. The number of amides is 1. The van der Waals surface area contributed by atoms with E-state index in [1.165, 1.54) is 17.8 Å². The normalized spacial score (nSPS) is 26.2. The Labute approximate surface area is 164 Å². The lowest BCUT2D eigenvalue weighted by atomic mass is 9.67. The van der Waals surface area contributed by atoms with Crippen LogP contribution in [0.15, 0.2) is 29.6 Å². The minimum Gasteiger partial charge on any atom is -0.332 e. The molecule has 2 aromatic rings. The fourth-order valence-electron chi connectivity index (χ4n) is 5.40. The van der Waals surface area contributed by atoms with Crippen LogP contribution in [0.4, 0.5) is 0 Å². The van der Waals surface area contributed by atoms with Crippen LogP contribution in [0.5, 0.6) is 0 Å². The fourth-order valence-corrected chi connectivity index (χ4v) is 6.24. The van der Waals surface area contributed by atoms with Crippen molar-refractivity contribution in [3.05, 3.63) is 40.9 Å². The number of hydrogen-bond donors (Lipinski definition) is 0. The van der Waals surface area contributed by atoms with E-state index < -0.39 is 0 Å². The Bertz CT molecular complexity index is 917. The lowest BCUT2D eigenvalue weighted by Gasteiger charge is -2.43. The van der Waals surface area contributed by atoms with E-state index in [1.54, 1.807) is 6.92 Å². The lowest BCUT2D eigenvalue weighted by Crippen LogP contribution is -2.47. The largest absolute Gasteiger partial charge is 0.332 e. The van der Waals surface area contributed by atoms with Gasteiger partial charge in [0.1, 0.15) is 10.7 Å². The Morgan fingerprint density at radius 1 is 1.19 bits per heavy atom. The summed E-state index contributed by atoms with van der Waals surface area (Å²) in [7, 11) is 0. The molecule has 5 heteroatoms. The second-order valence-corrected chi connectivity index (χ2v) is 10.0. The zero-order valence-corrected chi connectivity index (χ0v) is 17.2. The van der Waals surface area contributed by atoms with Gasteiger partial charge in [0.05, 0.1) is 0 Å². The van der Waals surface area contributed by atoms with Gasteiger partial charge in [0.25, 0.3) is 5.91 Å². The summed E-state index contributed by atoms with van der Waals surface area (Å²) < 4.78 is 0. The highest BCUT2D eigenvalue weighted by Crippen LogP contribution is 2.51. The van der Waals surface area contributed by atoms with Gasteiger partial charge in [-0.25, -0.2) is 4.98 Å². The van der Waals surface area contributed by atoms with Crippen molar-refractivity contribution in [2.45, 2.75) is 52.5 Å². The average molecular weight is 383 g/mol. The van der Waals surface area contributed by atoms with Crippen molar-refractivity contribution in [1.29, 1.82) is 0 Å². The van der Waals surface area contributed by atoms with E-state index in [2.05, 4.69) is 30.7 Å². The quantitative estimate of drug-likeness (QED) is 0.698. The van der Waals surface area contributed by atoms with Gasteiger partial charge in [0, 0.05) is 28.6 Å². The molecule has 4 rings (SSSR count). The maximum atomic E-state index is 13.3. The zero-order chi connectivity index (χ0) is 19.4. The van der Waals surface area contributed by atoms with Crippen LogP contribution in [0.3, 0.4) is 0 Å². The van der Waals surface area contributed by atoms with Gasteiger partial charge < -0.3 is 4.90 Å². The molecular weight excluding hydrogens is 356 g/mol. The standard InChI is InChI=1S/C22H26N2O2S/c1-14(25)16-7-5-6-8-17(16)19-23-18(12-27-19)20(26)24-11-15-9-21(2,3)13-22(24,4)10-15/h5-8,12,15H,9-11,13H2,1-4H3/t15-,22-/m1/s1. The molecule has 0 unspecified atom stereocenters. The van der Waals surface area contributed by atoms with Gasteiger partial charge in [-0.3, -0.25) is 9.59 Å². The van der Waals surface area contributed by atoms with Crippen LogP contribution in [0.2, 0.25) is 0 Å². The van der Waals surface area contributed by atoms with E-state index in [9.17, 15) is 9.59 Å². The van der Waals surface area contributed by atoms with Gasteiger partial charge in [0.15, 0.2) is 5.78 Å². The summed E-state index contributed by atoms with van der Waals surface area (Å²) in [5.74, 6) is 0.622. The molecule has 2 fully saturated rings. The third kappa shape index (κ3) is 3.22. The van der Waals surface area contributed by atoms with Crippen molar-refractivity contribution < 1.29 is 9.59 Å². The van der Waals surface area contributed by atoms with Crippen molar-refractivity contribution in [3.8, 4) is 10.6 Å². The number of carbonyl (C=O) groups is 2. The molecule has 1 aliphatic heterocycles. The number of thiazole rings is 1. The minimum atomic E-state index is -0.0788. The Hall–Kier alpha value is -2.01. The molecule has 2 heterocycles. The van der Waals surface area contributed by atoms with Gasteiger partial charge in [-0.15, -0.1) is 11.3 Å². The maximum absolute atomic E-state index is 13.3. The van der Waals surface area contributed by atoms with Crippen LogP contribution < -0.4 is 0 Å². The van der Waals surface area contributed by atoms with Crippen molar-refractivity contribution >= 4 is 23.0 Å². The lowest BCUT2D eigenvalue weighted by molar-refractivity contribution is 0.0505. The van der Waals surface area contributed by atoms with Gasteiger partial charge in [-0.2, -0.15) is 0 Å². The first-order chi connectivity index (χ1) is 12.7. The SMILES string of the molecule is CC(=O)c1ccccc1-c1nc(C(=O)N2C[C@@H]3CC(C)(C)C[C@@]2(C)C3)cs1. The molecule has 4 nitrogen and oxygen atoms in total. The molecule has 27 heavy (non-hydrogen) atoms. The van der Waals surface area contributed by atoms with E-state index in [-0.39, 0.29) is 22.6 Å². The van der Waals surface area contributed by atoms with Crippen molar-refractivity contribution in [3.63, 3.8) is 0 Å². The summed E-state index contributed by atoms with van der Waals surface area (Å²) in [4.78, 5) is 31.9. The Balaban J connectivity index is 1.63. The number of likely N-dealkylation sites (tertiary alicyclic amines) is 1. The second kappa shape index (κ2) is 6.26. The summed E-state index contributed by atoms with van der Waals surface area (Å²) in [6, 6.07) is 7.47. The molecule has 1 aromatic heterocycles. The summed E-state index contributed by atoms with van der Waals surface area (Å²) in [5.41, 5.74) is 2.16. The van der Waals surface area contributed by atoms with E-state index >= 15 is 0 Å². The minimum absolute atomic E-state index is 0.0109. The number of hydrogen-bond acceptors (Lipinski definition) is 4. The smallest absolute Gasteiger partial charge is 0.273 e. The molecule has 1 amide bonds. The molecule has 1 aliphatic carbocycles. The highest BCUT2D eigenvalue weighted by molar-refractivity contribution is 7.13. The summed E-state index contributed by atoms with van der Waals surface area (Å²) in [6.07, 6.45) is 3.30. The number of aromatic nitrogens is 1. The number of fused-ring (bicyclic) bond motifs is 2. The van der Waals surface area contributed by atoms with Crippen LogP contribution in [0.1, 0.15) is 67.8 Å². The van der Waals surface area contributed by atoms with Crippen LogP contribution in [0, 0.1) is 11.3 Å². The zero-order valence-electron chi connectivity index (χ0n) is 16.4. The number of nitrogens with zero attached hydrogens (tertiary/aromatic N) is 2. The molecule has 2 atom stereocenters. The first-order valence-electron chi connectivity index (χ1n) is 9.56. The van der Waals surface area contributed by atoms with Crippen LogP contribution in [-0.4, -0.2) is 33.7 Å². The maximum Gasteiger partial charge on any atom is 0.273 e. The number of rotatable bonds is 3. The summed E-state index contributed by atoms with van der Waals surface area (Å²) in [6.45, 7) is 9.24. The van der Waals surface area contributed by atoms with E-state index in [4.69, 9.17) is 0 Å². The van der Waals surface area contributed by atoms with Gasteiger partial charge >= 0.3 is 0 Å². The van der Waals surface area contributed by atoms with Crippen LogP contribution in [-0.2, 0) is 0 Å². The number of carbonyl (C=O) groups excluding carboxylic acids is 2. The van der Waals surface area contributed by atoms with Gasteiger partial charge in [-0.05, 0) is 44.4 Å². The van der Waals surface area contributed by atoms with Crippen molar-refractivity contribution in [2.24, 2.45) is 11.3 Å².